The zero-order valence-electron chi connectivity index (χ0n) is 19.1. The van der Waals surface area contributed by atoms with Crippen LogP contribution in [0, 0.1) is 5.82 Å². The maximum absolute atomic E-state index is 14.5. The second-order valence-corrected chi connectivity index (χ2v) is 7.98. The average molecular weight is 518 g/mol. The van der Waals surface area contributed by atoms with Gasteiger partial charge in [0.1, 0.15) is 17.5 Å². The summed E-state index contributed by atoms with van der Waals surface area (Å²) >= 11 is 0. The summed E-state index contributed by atoms with van der Waals surface area (Å²) in [4.78, 5) is 20.5. The molecule has 14 heteroatoms. The highest BCUT2D eigenvalue weighted by atomic mass is 19.4. The van der Waals surface area contributed by atoms with E-state index in [1.165, 1.54) is 48.7 Å². The van der Waals surface area contributed by atoms with Crippen LogP contribution in [0.2, 0.25) is 0 Å². The third-order valence-corrected chi connectivity index (χ3v) is 5.73. The summed E-state index contributed by atoms with van der Waals surface area (Å²) in [6.45, 7) is 0.320. The fraction of sp³-hybridized carbons (Fsp3) is 0.261. The van der Waals surface area contributed by atoms with E-state index in [1.807, 2.05) is 0 Å². The Hall–Kier alpha value is -4.49. The number of hydrogen-bond donors (Lipinski definition) is 0. The molecule has 0 saturated carbocycles. The quantitative estimate of drug-likeness (QED) is 0.347. The van der Waals surface area contributed by atoms with Gasteiger partial charge in [-0.05, 0) is 31.0 Å². The maximum Gasteiger partial charge on any atom is 0.573 e. The molecule has 1 fully saturated rings. The van der Waals surface area contributed by atoms with Crippen LogP contribution in [0.4, 0.5) is 17.6 Å². The van der Waals surface area contributed by atoms with Gasteiger partial charge in [0, 0.05) is 12.6 Å². The van der Waals surface area contributed by atoms with Crippen molar-refractivity contribution in [1.82, 2.24) is 30.0 Å². The summed E-state index contributed by atoms with van der Waals surface area (Å²) in [5, 5.41) is 11.8. The molecule has 0 spiro atoms. The SMILES string of the molecule is COc1cc(C(=O)N2CCCC2c2nc(-c3ccccc3OC(F)(F)F)no2)c(-n2nccn2)cc1F. The number of ether oxygens (including phenoxy) is 2. The summed E-state index contributed by atoms with van der Waals surface area (Å²) in [6, 6.07) is 7.07. The van der Waals surface area contributed by atoms with Crippen molar-refractivity contribution in [2.75, 3.05) is 13.7 Å². The zero-order valence-corrected chi connectivity index (χ0v) is 19.1. The minimum atomic E-state index is -4.91. The third-order valence-electron chi connectivity index (χ3n) is 5.73. The lowest BCUT2D eigenvalue weighted by atomic mass is 10.1. The van der Waals surface area contributed by atoms with Gasteiger partial charge < -0.3 is 18.9 Å². The number of benzene rings is 2. The molecule has 1 unspecified atom stereocenters. The smallest absolute Gasteiger partial charge is 0.494 e. The van der Waals surface area contributed by atoms with Gasteiger partial charge in [-0.1, -0.05) is 17.3 Å². The number of carbonyl (C=O) groups is 1. The van der Waals surface area contributed by atoms with Gasteiger partial charge in [-0.3, -0.25) is 4.79 Å². The van der Waals surface area contributed by atoms with Gasteiger partial charge in [-0.25, -0.2) is 4.39 Å². The molecule has 3 heterocycles. The summed E-state index contributed by atoms with van der Waals surface area (Å²) in [5.74, 6) is -1.92. The van der Waals surface area contributed by atoms with Crippen molar-refractivity contribution in [2.24, 2.45) is 0 Å². The van der Waals surface area contributed by atoms with Crippen molar-refractivity contribution < 1.29 is 36.4 Å². The van der Waals surface area contributed by atoms with Crippen LogP contribution in [0.5, 0.6) is 11.5 Å². The zero-order chi connectivity index (χ0) is 26.2. The molecular formula is C23H18F4N6O4. The molecule has 192 valence electrons. The molecule has 37 heavy (non-hydrogen) atoms. The van der Waals surface area contributed by atoms with Crippen LogP contribution in [0.3, 0.4) is 0 Å². The number of halogens is 4. The molecule has 0 bridgehead atoms. The molecule has 2 aromatic heterocycles. The third kappa shape index (κ3) is 4.81. The second kappa shape index (κ2) is 9.52. The van der Waals surface area contributed by atoms with E-state index in [-0.39, 0.29) is 34.3 Å². The topological polar surface area (TPSA) is 108 Å². The fourth-order valence-electron chi connectivity index (χ4n) is 4.14. The minimum absolute atomic E-state index is 0.0268. The molecule has 0 radical (unpaired) electrons. The monoisotopic (exact) mass is 518 g/mol. The van der Waals surface area contributed by atoms with E-state index in [0.29, 0.717) is 19.4 Å². The normalized spacial score (nSPS) is 15.7. The Balaban J connectivity index is 1.48. The summed E-state index contributed by atoms with van der Waals surface area (Å²) in [6.07, 6.45) is -1.09. The van der Waals surface area contributed by atoms with Crippen LogP contribution >= 0.6 is 0 Å². The van der Waals surface area contributed by atoms with Crippen LogP contribution in [-0.2, 0) is 0 Å². The van der Waals surface area contributed by atoms with Crippen LogP contribution in [0.1, 0.15) is 35.1 Å². The molecule has 1 amide bonds. The van der Waals surface area contributed by atoms with E-state index in [4.69, 9.17) is 9.26 Å². The largest absolute Gasteiger partial charge is 0.573 e. The Morgan fingerprint density at radius 2 is 1.89 bits per heavy atom. The molecule has 4 aromatic rings. The van der Waals surface area contributed by atoms with Gasteiger partial charge in [0.25, 0.3) is 5.91 Å². The number of alkyl halides is 3. The highest BCUT2D eigenvalue weighted by Crippen LogP contribution is 2.37. The van der Waals surface area contributed by atoms with Crippen molar-refractivity contribution in [3.05, 3.63) is 66.1 Å². The number of nitrogens with zero attached hydrogens (tertiary/aromatic N) is 6. The number of likely N-dealkylation sites (tertiary alicyclic amines) is 1. The number of methoxy groups -OCH3 is 1. The molecule has 5 rings (SSSR count). The predicted octanol–water partition coefficient (Wildman–Crippen LogP) is 4.34. The van der Waals surface area contributed by atoms with E-state index in [0.717, 1.165) is 16.9 Å². The van der Waals surface area contributed by atoms with Crippen molar-refractivity contribution in [1.29, 1.82) is 0 Å². The van der Waals surface area contributed by atoms with Gasteiger partial charge in [0.15, 0.2) is 11.6 Å². The predicted molar refractivity (Wildman–Crippen MR) is 117 cm³/mol. The van der Waals surface area contributed by atoms with Crippen LogP contribution in [0.25, 0.3) is 17.1 Å². The molecular weight excluding hydrogens is 500 g/mol. The van der Waals surface area contributed by atoms with Gasteiger partial charge in [-0.15, -0.1) is 13.2 Å². The van der Waals surface area contributed by atoms with E-state index in [1.54, 1.807) is 0 Å². The Bertz CT molecular complexity index is 1420. The highest BCUT2D eigenvalue weighted by Gasteiger charge is 2.37. The van der Waals surface area contributed by atoms with Gasteiger partial charge in [0.05, 0.1) is 30.6 Å². The summed E-state index contributed by atoms with van der Waals surface area (Å²) < 4.78 is 67.5. The molecule has 1 atom stereocenters. The second-order valence-electron chi connectivity index (χ2n) is 7.98. The first kappa shape index (κ1) is 24.2. The van der Waals surface area contributed by atoms with Crippen LogP contribution in [0.15, 0.2) is 53.3 Å². The van der Waals surface area contributed by atoms with Crippen molar-refractivity contribution >= 4 is 5.91 Å². The Morgan fingerprint density at radius 3 is 2.62 bits per heavy atom. The number of rotatable bonds is 6. The molecule has 2 aromatic carbocycles. The number of para-hydroxylation sites is 1. The van der Waals surface area contributed by atoms with E-state index >= 15 is 0 Å². The first-order chi connectivity index (χ1) is 17.7. The van der Waals surface area contributed by atoms with E-state index in [2.05, 4.69) is 25.1 Å². The standard InChI is InChI=1S/C23H18F4N6O4/c1-35-19-11-14(17(12-15(19)24)33-28-8-9-29-33)22(34)32-10-4-6-16(32)21-30-20(31-37-21)13-5-2-3-7-18(13)36-23(25,26)27/h2-3,5,7-9,11-12,16H,4,6,10H2,1H3. The van der Waals surface area contributed by atoms with Gasteiger partial charge in [0.2, 0.25) is 11.7 Å². The fourth-order valence-corrected chi connectivity index (χ4v) is 4.14. The first-order valence-corrected chi connectivity index (χ1v) is 11.0. The van der Waals surface area contributed by atoms with Gasteiger partial charge >= 0.3 is 6.36 Å². The minimum Gasteiger partial charge on any atom is -0.494 e. The molecule has 1 aliphatic heterocycles. The number of carbonyl (C=O) groups excluding carboxylic acids is 1. The van der Waals surface area contributed by atoms with Crippen molar-refractivity contribution in [3.8, 4) is 28.6 Å². The molecule has 1 aliphatic rings. The average Bonchev–Trinajstić information content (AvgIpc) is 3.64. The Kier molecular flexibility index (Phi) is 6.23. The van der Waals surface area contributed by atoms with E-state index < -0.39 is 29.9 Å². The first-order valence-electron chi connectivity index (χ1n) is 11.0. The molecule has 10 nitrogen and oxygen atoms in total. The Morgan fingerprint density at radius 1 is 1.14 bits per heavy atom. The number of amides is 1. The number of aromatic nitrogens is 5. The van der Waals surface area contributed by atoms with Gasteiger partial charge in [-0.2, -0.15) is 20.0 Å². The number of hydrogen-bond acceptors (Lipinski definition) is 8. The maximum atomic E-state index is 14.5. The Labute approximate surface area is 206 Å². The lowest BCUT2D eigenvalue weighted by Gasteiger charge is -2.23. The van der Waals surface area contributed by atoms with Crippen LogP contribution in [-0.4, -0.2) is 56.0 Å². The van der Waals surface area contributed by atoms with Crippen molar-refractivity contribution in [2.45, 2.75) is 25.2 Å². The van der Waals surface area contributed by atoms with Crippen molar-refractivity contribution in [3.63, 3.8) is 0 Å². The highest BCUT2D eigenvalue weighted by molar-refractivity contribution is 5.98. The lowest BCUT2D eigenvalue weighted by Crippen LogP contribution is -2.31. The summed E-state index contributed by atoms with van der Waals surface area (Å²) in [7, 11) is 1.28. The molecule has 1 saturated heterocycles. The lowest BCUT2D eigenvalue weighted by molar-refractivity contribution is -0.274. The summed E-state index contributed by atoms with van der Waals surface area (Å²) in [5.41, 5.74) is 0.148. The van der Waals surface area contributed by atoms with E-state index in [9.17, 15) is 22.4 Å². The molecule has 0 aliphatic carbocycles. The van der Waals surface area contributed by atoms with Crippen LogP contribution < -0.4 is 9.47 Å². The molecule has 0 N–H and O–H groups in total.